The molecule has 3 unspecified atom stereocenters. The van der Waals surface area contributed by atoms with E-state index in [9.17, 15) is 0 Å². The molecular formula is C21H25NO. The van der Waals surface area contributed by atoms with E-state index in [1.807, 2.05) is 6.07 Å². The van der Waals surface area contributed by atoms with Gasteiger partial charge in [0, 0.05) is 18.0 Å². The van der Waals surface area contributed by atoms with E-state index in [1.54, 1.807) is 7.11 Å². The van der Waals surface area contributed by atoms with E-state index in [0.29, 0.717) is 5.92 Å². The third kappa shape index (κ3) is 2.52. The summed E-state index contributed by atoms with van der Waals surface area (Å²) in [7, 11) is 3.91. The lowest BCUT2D eigenvalue weighted by Gasteiger charge is -2.48. The second-order valence-electron chi connectivity index (χ2n) is 6.23. The molecule has 0 fully saturated rings. The summed E-state index contributed by atoms with van der Waals surface area (Å²) >= 11 is 0. The molecule has 0 saturated carbocycles. The zero-order chi connectivity index (χ0) is 16.3. The number of benzene rings is 1. The Balaban J connectivity index is 2.22. The zero-order valence-corrected chi connectivity index (χ0v) is 14.1. The van der Waals surface area contributed by atoms with Gasteiger partial charge in [0.25, 0.3) is 0 Å². The maximum Gasteiger partial charge on any atom is 0.123 e. The molecule has 0 spiro atoms. The third-order valence-corrected chi connectivity index (χ3v) is 5.11. The average Bonchev–Trinajstić information content (AvgIpc) is 2.62. The molecule has 1 heterocycles. The van der Waals surface area contributed by atoms with Crippen LogP contribution in [-0.4, -0.2) is 25.1 Å². The molecule has 3 rings (SSSR count). The minimum Gasteiger partial charge on any atom is -0.496 e. The molecule has 2 heteroatoms. The minimum atomic E-state index is -0.133. The number of para-hydroxylation sites is 1. The molecule has 0 bridgehead atoms. The summed E-state index contributed by atoms with van der Waals surface area (Å²) < 4.78 is 5.72. The molecular weight excluding hydrogens is 282 g/mol. The number of methoxy groups -OCH3 is 1. The SMILES string of the molecule is CCC1C=CC=CC1(c1ccccc1OC)C1C=CC=CN1C. The van der Waals surface area contributed by atoms with Gasteiger partial charge in [-0.2, -0.15) is 0 Å². The standard InChI is InChI=1S/C21H25NO/c1-4-17-11-7-9-15-21(17,20-14-8-10-16-22(20)2)18-12-5-6-13-19(18)23-3/h5-17,20H,4H2,1-3H3. The number of nitrogens with zero attached hydrogens (tertiary/aromatic N) is 1. The average molecular weight is 307 g/mol. The largest absolute Gasteiger partial charge is 0.496 e. The summed E-state index contributed by atoms with van der Waals surface area (Å²) in [5.74, 6) is 1.38. The van der Waals surface area contributed by atoms with Crippen LogP contribution in [0.3, 0.4) is 0 Å². The molecule has 120 valence electrons. The molecule has 1 aliphatic heterocycles. The monoisotopic (exact) mass is 307 g/mol. The van der Waals surface area contributed by atoms with Gasteiger partial charge in [-0.25, -0.2) is 0 Å². The summed E-state index contributed by atoms with van der Waals surface area (Å²) in [5.41, 5.74) is 1.12. The van der Waals surface area contributed by atoms with E-state index >= 15 is 0 Å². The normalized spacial score (nSPS) is 29.1. The molecule has 1 aromatic carbocycles. The van der Waals surface area contributed by atoms with Crippen molar-refractivity contribution in [3.63, 3.8) is 0 Å². The van der Waals surface area contributed by atoms with E-state index < -0.39 is 0 Å². The van der Waals surface area contributed by atoms with Crippen LogP contribution in [-0.2, 0) is 5.41 Å². The molecule has 2 aliphatic rings. The first kappa shape index (κ1) is 15.7. The van der Waals surface area contributed by atoms with Crippen molar-refractivity contribution in [3.05, 3.63) is 78.6 Å². The summed E-state index contributed by atoms with van der Waals surface area (Å²) in [6, 6.07) is 8.69. The Morgan fingerprint density at radius 1 is 1.09 bits per heavy atom. The quantitative estimate of drug-likeness (QED) is 0.814. The van der Waals surface area contributed by atoms with Crippen molar-refractivity contribution in [2.45, 2.75) is 24.8 Å². The molecule has 0 aromatic heterocycles. The predicted octanol–water partition coefficient (Wildman–Crippen LogP) is 4.47. The van der Waals surface area contributed by atoms with Crippen LogP contribution < -0.4 is 4.74 Å². The molecule has 0 saturated heterocycles. The lowest BCUT2D eigenvalue weighted by molar-refractivity contribution is 0.217. The zero-order valence-electron chi connectivity index (χ0n) is 14.1. The van der Waals surface area contributed by atoms with Gasteiger partial charge in [-0.15, -0.1) is 0 Å². The predicted molar refractivity (Wildman–Crippen MR) is 96.6 cm³/mol. The number of allylic oxidation sites excluding steroid dienone is 5. The van der Waals surface area contributed by atoms with Crippen molar-refractivity contribution in [2.24, 2.45) is 5.92 Å². The lowest BCUT2D eigenvalue weighted by Crippen LogP contribution is -2.50. The number of hydrogen-bond donors (Lipinski definition) is 0. The van der Waals surface area contributed by atoms with Gasteiger partial charge < -0.3 is 9.64 Å². The minimum absolute atomic E-state index is 0.133. The Labute approximate surface area is 139 Å². The number of rotatable bonds is 4. The van der Waals surface area contributed by atoms with Crippen LogP contribution in [0.5, 0.6) is 5.75 Å². The van der Waals surface area contributed by atoms with Crippen molar-refractivity contribution in [2.75, 3.05) is 14.2 Å². The fraction of sp³-hybridized carbons (Fsp3) is 0.333. The molecule has 2 nitrogen and oxygen atoms in total. The Morgan fingerprint density at radius 3 is 2.61 bits per heavy atom. The molecule has 23 heavy (non-hydrogen) atoms. The summed E-state index contributed by atoms with van der Waals surface area (Å²) in [4.78, 5) is 2.30. The van der Waals surface area contributed by atoms with Crippen molar-refractivity contribution in [3.8, 4) is 5.75 Å². The topological polar surface area (TPSA) is 12.5 Å². The second-order valence-corrected chi connectivity index (χ2v) is 6.23. The maximum atomic E-state index is 5.72. The fourth-order valence-corrected chi connectivity index (χ4v) is 4.02. The first-order valence-corrected chi connectivity index (χ1v) is 8.30. The fourth-order valence-electron chi connectivity index (χ4n) is 4.02. The number of likely N-dealkylation sites (N-methyl/N-ethyl adjacent to an activating group) is 1. The van der Waals surface area contributed by atoms with Crippen molar-refractivity contribution >= 4 is 0 Å². The van der Waals surface area contributed by atoms with Crippen molar-refractivity contribution in [1.82, 2.24) is 4.90 Å². The van der Waals surface area contributed by atoms with Crippen LogP contribution in [0.1, 0.15) is 18.9 Å². The Bertz CT molecular complexity index is 670. The first-order valence-electron chi connectivity index (χ1n) is 8.30. The van der Waals surface area contributed by atoms with Crippen molar-refractivity contribution in [1.29, 1.82) is 0 Å². The highest BCUT2D eigenvalue weighted by molar-refractivity contribution is 5.50. The van der Waals surface area contributed by atoms with E-state index in [1.165, 1.54) is 5.56 Å². The van der Waals surface area contributed by atoms with E-state index in [2.05, 4.69) is 85.8 Å². The van der Waals surface area contributed by atoms with E-state index in [0.717, 1.165) is 12.2 Å². The van der Waals surface area contributed by atoms with Gasteiger partial charge in [0.05, 0.1) is 13.2 Å². The van der Waals surface area contributed by atoms with Gasteiger partial charge in [-0.05, 0) is 30.7 Å². The Morgan fingerprint density at radius 2 is 1.87 bits per heavy atom. The summed E-state index contributed by atoms with van der Waals surface area (Å²) in [5, 5.41) is 0. The number of ether oxygens (including phenoxy) is 1. The van der Waals surface area contributed by atoms with Crippen molar-refractivity contribution < 1.29 is 4.74 Å². The first-order chi connectivity index (χ1) is 11.2. The van der Waals surface area contributed by atoms with E-state index in [4.69, 9.17) is 4.74 Å². The molecule has 1 aromatic rings. The Kier molecular flexibility index (Phi) is 4.42. The second kappa shape index (κ2) is 6.49. The summed E-state index contributed by atoms with van der Waals surface area (Å²) in [6.45, 7) is 2.26. The van der Waals surface area contributed by atoms with Gasteiger partial charge in [-0.3, -0.25) is 0 Å². The van der Waals surface area contributed by atoms with Gasteiger partial charge in [0.2, 0.25) is 0 Å². The van der Waals surface area contributed by atoms with Gasteiger partial charge in [0.15, 0.2) is 0 Å². The number of hydrogen-bond acceptors (Lipinski definition) is 2. The van der Waals surface area contributed by atoms with Crippen LogP contribution in [0.25, 0.3) is 0 Å². The lowest BCUT2D eigenvalue weighted by atomic mass is 9.61. The smallest absolute Gasteiger partial charge is 0.123 e. The molecule has 3 atom stereocenters. The van der Waals surface area contributed by atoms with Crippen LogP contribution in [0.15, 0.2) is 73.0 Å². The molecule has 1 aliphatic carbocycles. The van der Waals surface area contributed by atoms with Gasteiger partial charge in [-0.1, -0.05) is 61.6 Å². The highest BCUT2D eigenvalue weighted by Crippen LogP contribution is 2.47. The van der Waals surface area contributed by atoms with Gasteiger partial charge in [0.1, 0.15) is 5.75 Å². The van der Waals surface area contributed by atoms with Crippen LogP contribution >= 0.6 is 0 Å². The van der Waals surface area contributed by atoms with E-state index in [-0.39, 0.29) is 11.5 Å². The maximum absolute atomic E-state index is 5.72. The van der Waals surface area contributed by atoms with Crippen LogP contribution in [0.4, 0.5) is 0 Å². The third-order valence-electron chi connectivity index (χ3n) is 5.11. The molecule has 0 radical (unpaired) electrons. The highest BCUT2D eigenvalue weighted by Gasteiger charge is 2.46. The van der Waals surface area contributed by atoms with Gasteiger partial charge >= 0.3 is 0 Å². The van der Waals surface area contributed by atoms with Crippen LogP contribution in [0.2, 0.25) is 0 Å². The summed E-state index contributed by atoms with van der Waals surface area (Å²) in [6.07, 6.45) is 18.8. The Hall–Kier alpha value is -2.22. The van der Waals surface area contributed by atoms with Crippen LogP contribution in [0, 0.1) is 5.92 Å². The molecule has 0 amide bonds. The highest BCUT2D eigenvalue weighted by atomic mass is 16.5. The molecule has 0 N–H and O–H groups in total.